The van der Waals surface area contributed by atoms with Crippen LogP contribution in [0.3, 0.4) is 0 Å². The molecule has 2 aromatic rings. The molecule has 1 aliphatic heterocycles. The Morgan fingerprint density at radius 1 is 0.750 bits per heavy atom. The second-order valence-corrected chi connectivity index (χ2v) is 6.88. The van der Waals surface area contributed by atoms with Gasteiger partial charge < -0.3 is 9.80 Å². The first-order valence-electron chi connectivity index (χ1n) is 9.08. The number of carbonyl (C=O) groups is 2. The normalized spacial score (nSPS) is 15.3. The molecular formula is C21H21F3N2O2. The van der Waals surface area contributed by atoms with E-state index in [0.29, 0.717) is 38.2 Å². The lowest BCUT2D eigenvalue weighted by molar-refractivity contribution is -0.137. The number of hydrogen-bond acceptors (Lipinski definition) is 2. The molecule has 3 rings (SSSR count). The van der Waals surface area contributed by atoms with Crippen LogP contribution in [0.2, 0.25) is 0 Å². The van der Waals surface area contributed by atoms with Gasteiger partial charge in [0.05, 0.1) is 5.56 Å². The lowest BCUT2D eigenvalue weighted by atomic mass is 10.1. The summed E-state index contributed by atoms with van der Waals surface area (Å²) in [5, 5.41) is 0. The number of aryl methyl sites for hydroxylation is 1. The minimum absolute atomic E-state index is 0.0798. The summed E-state index contributed by atoms with van der Waals surface area (Å²) < 4.78 is 38.0. The van der Waals surface area contributed by atoms with Crippen molar-refractivity contribution in [3.05, 3.63) is 70.8 Å². The molecule has 1 saturated heterocycles. The summed E-state index contributed by atoms with van der Waals surface area (Å²) in [6, 6.07) is 11.6. The lowest BCUT2D eigenvalue weighted by Gasteiger charge is -2.22. The maximum Gasteiger partial charge on any atom is 0.416 e. The third-order valence-corrected chi connectivity index (χ3v) is 4.83. The van der Waals surface area contributed by atoms with Crippen LogP contribution in [0.15, 0.2) is 48.5 Å². The van der Waals surface area contributed by atoms with Gasteiger partial charge >= 0.3 is 6.18 Å². The monoisotopic (exact) mass is 390 g/mol. The molecule has 0 aliphatic carbocycles. The van der Waals surface area contributed by atoms with Gasteiger partial charge in [0.2, 0.25) is 0 Å². The summed E-state index contributed by atoms with van der Waals surface area (Å²) in [5.74, 6) is -0.401. The van der Waals surface area contributed by atoms with Crippen LogP contribution >= 0.6 is 0 Å². The summed E-state index contributed by atoms with van der Waals surface area (Å²) in [7, 11) is 0. The van der Waals surface area contributed by atoms with Crippen molar-refractivity contribution in [3.63, 3.8) is 0 Å². The average Bonchev–Trinajstić information content (AvgIpc) is 2.93. The lowest BCUT2D eigenvalue weighted by Crippen LogP contribution is -2.37. The second kappa shape index (κ2) is 8.04. The molecule has 0 aromatic heterocycles. The van der Waals surface area contributed by atoms with Gasteiger partial charge in [-0.2, -0.15) is 13.2 Å². The molecule has 28 heavy (non-hydrogen) atoms. The molecule has 148 valence electrons. The summed E-state index contributed by atoms with van der Waals surface area (Å²) in [6.45, 7) is 3.67. The van der Waals surface area contributed by atoms with Crippen molar-refractivity contribution in [2.24, 2.45) is 0 Å². The Kier molecular flexibility index (Phi) is 5.72. The Balaban J connectivity index is 1.65. The van der Waals surface area contributed by atoms with Gasteiger partial charge in [0.1, 0.15) is 0 Å². The Labute approximate surface area is 161 Å². The molecule has 1 fully saturated rings. The number of benzene rings is 2. The van der Waals surface area contributed by atoms with Crippen molar-refractivity contribution < 1.29 is 22.8 Å². The molecule has 4 nitrogen and oxygen atoms in total. The number of nitrogens with zero attached hydrogens (tertiary/aromatic N) is 2. The Hall–Kier alpha value is -2.83. The molecular weight excluding hydrogens is 369 g/mol. The standard InChI is InChI=1S/C21H21F3N2O2/c1-15-3-5-16(6-4-15)19(27)25-11-2-12-26(14-13-25)20(28)17-7-9-18(10-8-17)21(22,23)24/h3-10H,2,11-14H2,1H3. The number of rotatable bonds is 2. The molecule has 0 bridgehead atoms. The van der Waals surface area contributed by atoms with Crippen molar-refractivity contribution in [2.45, 2.75) is 19.5 Å². The molecule has 7 heteroatoms. The van der Waals surface area contributed by atoms with Gasteiger partial charge in [-0.1, -0.05) is 17.7 Å². The molecule has 0 atom stereocenters. The van der Waals surface area contributed by atoms with Crippen molar-refractivity contribution in [1.82, 2.24) is 9.80 Å². The zero-order valence-corrected chi connectivity index (χ0v) is 15.5. The van der Waals surface area contributed by atoms with Crippen LogP contribution in [0.4, 0.5) is 13.2 Å². The van der Waals surface area contributed by atoms with Gasteiger partial charge in [0.15, 0.2) is 0 Å². The highest BCUT2D eigenvalue weighted by molar-refractivity contribution is 5.95. The highest BCUT2D eigenvalue weighted by Gasteiger charge is 2.30. The van der Waals surface area contributed by atoms with E-state index in [9.17, 15) is 22.8 Å². The van der Waals surface area contributed by atoms with Gasteiger partial charge in [0, 0.05) is 37.3 Å². The minimum Gasteiger partial charge on any atom is -0.337 e. The average molecular weight is 390 g/mol. The van der Waals surface area contributed by atoms with Crippen molar-refractivity contribution in [1.29, 1.82) is 0 Å². The van der Waals surface area contributed by atoms with Gasteiger partial charge in [-0.3, -0.25) is 9.59 Å². The molecule has 2 amide bonds. The molecule has 1 heterocycles. The fourth-order valence-corrected chi connectivity index (χ4v) is 3.19. The van der Waals surface area contributed by atoms with E-state index in [0.717, 1.165) is 17.7 Å². The van der Waals surface area contributed by atoms with E-state index in [2.05, 4.69) is 0 Å². The Morgan fingerprint density at radius 3 is 1.61 bits per heavy atom. The molecule has 0 spiro atoms. The summed E-state index contributed by atoms with van der Waals surface area (Å²) in [4.78, 5) is 28.6. The van der Waals surface area contributed by atoms with Crippen LogP contribution in [0.5, 0.6) is 0 Å². The van der Waals surface area contributed by atoms with Crippen LogP contribution in [0.25, 0.3) is 0 Å². The molecule has 1 aliphatic rings. The third-order valence-electron chi connectivity index (χ3n) is 4.83. The highest BCUT2D eigenvalue weighted by Crippen LogP contribution is 2.29. The molecule has 2 aromatic carbocycles. The fraction of sp³-hybridized carbons (Fsp3) is 0.333. The van der Waals surface area contributed by atoms with E-state index < -0.39 is 11.7 Å². The van der Waals surface area contributed by atoms with Gasteiger partial charge in [-0.25, -0.2) is 0 Å². The van der Waals surface area contributed by atoms with Gasteiger partial charge in [0.25, 0.3) is 11.8 Å². The van der Waals surface area contributed by atoms with Crippen LogP contribution in [-0.2, 0) is 6.18 Å². The van der Waals surface area contributed by atoms with E-state index in [4.69, 9.17) is 0 Å². The van der Waals surface area contributed by atoms with Crippen molar-refractivity contribution in [2.75, 3.05) is 26.2 Å². The van der Waals surface area contributed by atoms with Crippen molar-refractivity contribution >= 4 is 11.8 Å². The number of hydrogen-bond donors (Lipinski definition) is 0. The SMILES string of the molecule is Cc1ccc(C(=O)N2CCCN(C(=O)c3ccc(C(F)(F)F)cc3)CC2)cc1. The van der Waals surface area contributed by atoms with E-state index in [1.807, 2.05) is 19.1 Å². The number of alkyl halides is 3. The smallest absolute Gasteiger partial charge is 0.337 e. The molecule has 0 saturated carbocycles. The zero-order chi connectivity index (χ0) is 20.3. The van der Waals surface area contributed by atoms with Crippen LogP contribution in [0, 0.1) is 6.92 Å². The van der Waals surface area contributed by atoms with Crippen LogP contribution in [0.1, 0.15) is 38.3 Å². The van der Waals surface area contributed by atoms with Gasteiger partial charge in [-0.05, 0) is 49.7 Å². The van der Waals surface area contributed by atoms with E-state index in [1.165, 1.54) is 12.1 Å². The largest absolute Gasteiger partial charge is 0.416 e. The Morgan fingerprint density at radius 2 is 1.18 bits per heavy atom. The van der Waals surface area contributed by atoms with E-state index in [1.54, 1.807) is 21.9 Å². The highest BCUT2D eigenvalue weighted by atomic mass is 19.4. The first-order valence-corrected chi connectivity index (χ1v) is 9.08. The zero-order valence-electron chi connectivity index (χ0n) is 15.5. The Bertz CT molecular complexity index is 845. The summed E-state index contributed by atoms with van der Waals surface area (Å²) in [5.41, 5.74) is 1.11. The van der Waals surface area contributed by atoms with E-state index in [-0.39, 0.29) is 17.4 Å². The quantitative estimate of drug-likeness (QED) is 0.778. The first-order chi connectivity index (χ1) is 13.3. The predicted molar refractivity (Wildman–Crippen MR) is 99.0 cm³/mol. The summed E-state index contributed by atoms with van der Waals surface area (Å²) in [6.07, 6.45) is -3.81. The topological polar surface area (TPSA) is 40.6 Å². The second-order valence-electron chi connectivity index (χ2n) is 6.88. The van der Waals surface area contributed by atoms with Crippen LogP contribution in [-0.4, -0.2) is 47.8 Å². The number of carbonyl (C=O) groups excluding carboxylic acids is 2. The molecule has 0 radical (unpaired) electrons. The maximum atomic E-state index is 12.7. The minimum atomic E-state index is -4.43. The molecule has 0 unspecified atom stereocenters. The van der Waals surface area contributed by atoms with Crippen molar-refractivity contribution in [3.8, 4) is 0 Å². The third kappa shape index (κ3) is 4.52. The number of halogens is 3. The first kappa shape index (κ1) is 19.9. The van der Waals surface area contributed by atoms with Gasteiger partial charge in [-0.15, -0.1) is 0 Å². The van der Waals surface area contributed by atoms with Crippen LogP contribution < -0.4 is 0 Å². The fourth-order valence-electron chi connectivity index (χ4n) is 3.19. The van der Waals surface area contributed by atoms with E-state index >= 15 is 0 Å². The predicted octanol–water partition coefficient (Wildman–Crippen LogP) is 4.00. The molecule has 0 N–H and O–H groups in total. The number of amides is 2. The summed E-state index contributed by atoms with van der Waals surface area (Å²) >= 11 is 0. The maximum absolute atomic E-state index is 12.7.